The van der Waals surface area contributed by atoms with Crippen molar-refractivity contribution in [3.8, 4) is 0 Å². The fraction of sp³-hybridized carbons (Fsp3) is 0.857. The van der Waals surface area contributed by atoms with E-state index in [2.05, 4.69) is 19.9 Å². The molecule has 4 aliphatic carbocycles. The molecule has 0 saturated heterocycles. The van der Waals surface area contributed by atoms with Gasteiger partial charge in [0, 0.05) is 18.8 Å². The second kappa shape index (κ2) is 5.16. The molecule has 4 rings (SSSR count). The van der Waals surface area contributed by atoms with Crippen LogP contribution in [0.2, 0.25) is 0 Å². The van der Waals surface area contributed by atoms with Gasteiger partial charge < -0.3 is 5.11 Å². The Morgan fingerprint density at radius 1 is 1.17 bits per heavy atom. The summed E-state index contributed by atoms with van der Waals surface area (Å²) < 4.78 is 14.1. The fourth-order valence-electron chi connectivity index (χ4n) is 7.28. The first-order chi connectivity index (χ1) is 11.2. The summed E-state index contributed by atoms with van der Waals surface area (Å²) in [5.74, 6) is 0.464. The van der Waals surface area contributed by atoms with Crippen molar-refractivity contribution in [2.75, 3.05) is 0 Å². The number of alkyl halides is 1. The van der Waals surface area contributed by atoms with E-state index in [9.17, 15) is 14.3 Å². The van der Waals surface area contributed by atoms with Gasteiger partial charge in [-0.25, -0.2) is 4.39 Å². The van der Waals surface area contributed by atoms with Crippen molar-refractivity contribution in [1.82, 2.24) is 0 Å². The zero-order valence-electron chi connectivity index (χ0n) is 15.3. The number of aliphatic hydroxyl groups is 1. The van der Waals surface area contributed by atoms with Crippen LogP contribution in [0, 0.1) is 34.5 Å². The molecule has 134 valence electrons. The highest BCUT2D eigenvalue weighted by Gasteiger charge is 2.60. The summed E-state index contributed by atoms with van der Waals surface area (Å²) >= 11 is 0. The van der Waals surface area contributed by atoms with E-state index in [0.29, 0.717) is 23.5 Å². The number of carbonyl (C=O) groups excluding carboxylic acids is 1. The molecule has 0 amide bonds. The molecule has 3 fully saturated rings. The topological polar surface area (TPSA) is 37.3 Å². The molecule has 24 heavy (non-hydrogen) atoms. The van der Waals surface area contributed by atoms with E-state index in [1.165, 1.54) is 6.42 Å². The van der Waals surface area contributed by atoms with Gasteiger partial charge in [0.15, 0.2) is 0 Å². The zero-order chi connectivity index (χ0) is 17.3. The predicted molar refractivity (Wildman–Crippen MR) is 91.9 cm³/mol. The maximum Gasteiger partial charge on any atom is 0.210 e. The lowest BCUT2D eigenvalue weighted by molar-refractivity contribution is -0.137. The van der Waals surface area contributed by atoms with Crippen LogP contribution >= 0.6 is 0 Å². The van der Waals surface area contributed by atoms with Crippen LogP contribution in [-0.4, -0.2) is 16.7 Å². The van der Waals surface area contributed by atoms with Crippen LogP contribution < -0.4 is 0 Å². The van der Waals surface area contributed by atoms with Gasteiger partial charge in [0.25, 0.3) is 0 Å². The van der Waals surface area contributed by atoms with Gasteiger partial charge in [-0.2, -0.15) is 0 Å². The maximum absolute atomic E-state index is 14.1. The van der Waals surface area contributed by atoms with Gasteiger partial charge in [0.2, 0.25) is 5.85 Å². The third kappa shape index (κ3) is 2.19. The summed E-state index contributed by atoms with van der Waals surface area (Å²) in [5, 5.41) is 9.87. The minimum absolute atomic E-state index is 0.0525. The van der Waals surface area contributed by atoms with Gasteiger partial charge in [-0.1, -0.05) is 25.5 Å². The first-order valence-electron chi connectivity index (χ1n) is 9.79. The van der Waals surface area contributed by atoms with Crippen molar-refractivity contribution in [2.45, 2.75) is 78.0 Å². The molecule has 4 aliphatic rings. The van der Waals surface area contributed by atoms with Crippen molar-refractivity contribution in [3.63, 3.8) is 0 Å². The smallest absolute Gasteiger partial charge is 0.210 e. The number of fused-ring (bicyclic) bond motifs is 5. The maximum atomic E-state index is 14.1. The summed E-state index contributed by atoms with van der Waals surface area (Å²) in [6.45, 7) is 6.44. The first-order valence-corrected chi connectivity index (χ1v) is 9.79. The Morgan fingerprint density at radius 2 is 1.92 bits per heavy atom. The van der Waals surface area contributed by atoms with Gasteiger partial charge in [0.05, 0.1) is 0 Å². The minimum Gasteiger partial charge on any atom is -0.361 e. The van der Waals surface area contributed by atoms with Gasteiger partial charge in [-0.3, -0.25) is 4.79 Å². The van der Waals surface area contributed by atoms with E-state index in [0.717, 1.165) is 37.7 Å². The zero-order valence-corrected chi connectivity index (χ0v) is 15.3. The number of carbonyl (C=O) groups is 1. The van der Waals surface area contributed by atoms with Crippen LogP contribution in [-0.2, 0) is 4.79 Å². The van der Waals surface area contributed by atoms with E-state index in [-0.39, 0.29) is 29.6 Å². The average molecular weight is 334 g/mol. The van der Waals surface area contributed by atoms with E-state index >= 15 is 0 Å². The van der Waals surface area contributed by atoms with Crippen LogP contribution in [0.4, 0.5) is 4.39 Å². The van der Waals surface area contributed by atoms with Gasteiger partial charge in [0.1, 0.15) is 5.78 Å². The van der Waals surface area contributed by atoms with E-state index in [1.54, 1.807) is 6.92 Å². The van der Waals surface area contributed by atoms with Crippen molar-refractivity contribution in [1.29, 1.82) is 0 Å². The summed E-state index contributed by atoms with van der Waals surface area (Å²) in [7, 11) is 0. The quantitative estimate of drug-likeness (QED) is 0.699. The highest BCUT2D eigenvalue weighted by atomic mass is 19.2. The Labute approximate surface area is 144 Å². The molecule has 2 nitrogen and oxygen atoms in total. The normalized spacial score (nSPS) is 53.6. The summed E-state index contributed by atoms with van der Waals surface area (Å²) in [6.07, 6.45) is 8.99. The molecule has 0 aromatic rings. The summed E-state index contributed by atoms with van der Waals surface area (Å²) in [4.78, 5) is 12.1. The predicted octanol–water partition coefficient (Wildman–Crippen LogP) is 4.81. The largest absolute Gasteiger partial charge is 0.361 e. The Kier molecular flexibility index (Phi) is 3.60. The first kappa shape index (κ1) is 16.8. The van der Waals surface area contributed by atoms with Gasteiger partial charge >= 0.3 is 0 Å². The number of hydrogen-bond donors (Lipinski definition) is 1. The highest BCUT2D eigenvalue weighted by molar-refractivity contribution is 5.79. The van der Waals surface area contributed by atoms with Crippen LogP contribution in [0.1, 0.15) is 72.1 Å². The third-order valence-corrected chi connectivity index (χ3v) is 8.60. The Balaban J connectivity index is 1.66. The third-order valence-electron chi connectivity index (χ3n) is 8.60. The molecule has 0 aliphatic heterocycles. The van der Waals surface area contributed by atoms with Gasteiger partial charge in [-0.05, 0) is 74.0 Å². The van der Waals surface area contributed by atoms with Crippen LogP contribution in [0.5, 0.6) is 0 Å². The molecule has 1 unspecified atom stereocenters. The lowest BCUT2D eigenvalue weighted by Crippen LogP contribution is -2.51. The Morgan fingerprint density at radius 3 is 2.62 bits per heavy atom. The lowest BCUT2D eigenvalue weighted by Gasteiger charge is -2.58. The van der Waals surface area contributed by atoms with Crippen LogP contribution in [0.25, 0.3) is 0 Å². The molecule has 1 N–H and O–H groups in total. The van der Waals surface area contributed by atoms with Crippen LogP contribution in [0.3, 0.4) is 0 Å². The number of rotatable bonds is 1. The molecule has 0 spiro atoms. The molecular weight excluding hydrogens is 303 g/mol. The molecule has 7 atom stereocenters. The Bertz CT molecular complexity index is 595. The molecular formula is C21H31FO2. The van der Waals surface area contributed by atoms with E-state index in [4.69, 9.17) is 0 Å². The average Bonchev–Trinajstić information content (AvgIpc) is 2.85. The number of hydrogen-bond acceptors (Lipinski definition) is 2. The minimum atomic E-state index is -2.01. The van der Waals surface area contributed by atoms with Crippen molar-refractivity contribution in [2.24, 2.45) is 34.5 Å². The lowest BCUT2D eigenvalue weighted by atomic mass is 9.47. The second-order valence-corrected chi connectivity index (χ2v) is 9.64. The van der Waals surface area contributed by atoms with Gasteiger partial charge in [-0.15, -0.1) is 0 Å². The highest BCUT2D eigenvalue weighted by Crippen LogP contribution is 2.66. The number of ketones is 1. The van der Waals surface area contributed by atoms with E-state index in [1.807, 2.05) is 0 Å². The molecule has 0 bridgehead atoms. The van der Waals surface area contributed by atoms with Crippen molar-refractivity contribution < 1.29 is 14.3 Å². The SMILES string of the molecule is CC(=O)[C@H]1CC[C@H]2[C@@H]3CC=C4CC(O)(F)CC[C@]4(C)[C@H]3CC[C@]12C. The molecule has 3 heteroatoms. The molecule has 3 saturated carbocycles. The number of Topliss-reactive ketones (excluding diaryl/α,β-unsaturated/α-hetero) is 1. The van der Waals surface area contributed by atoms with Crippen molar-refractivity contribution >= 4 is 5.78 Å². The molecule has 0 radical (unpaired) electrons. The molecule has 0 aromatic carbocycles. The monoisotopic (exact) mass is 334 g/mol. The second-order valence-electron chi connectivity index (χ2n) is 9.64. The van der Waals surface area contributed by atoms with E-state index < -0.39 is 5.85 Å². The summed E-state index contributed by atoms with van der Waals surface area (Å²) in [5.41, 5.74) is 1.38. The summed E-state index contributed by atoms with van der Waals surface area (Å²) in [6, 6.07) is 0. The fourth-order valence-corrected chi connectivity index (χ4v) is 7.28. The number of allylic oxidation sites excluding steroid dienone is 1. The standard InChI is InChI=1S/C21H31FO2/c1-13(23)16-6-7-17-15-5-4-14-12-21(22,24)11-10-19(14,2)18(15)8-9-20(16,17)3/h4,15-18,24H,5-12H2,1-3H3/t15-,16+,17-,18-,19-,20+,21?/m0/s1. The Hall–Kier alpha value is -0.700. The van der Waals surface area contributed by atoms with Crippen LogP contribution in [0.15, 0.2) is 11.6 Å². The molecule has 0 aromatic heterocycles. The molecule has 0 heterocycles. The van der Waals surface area contributed by atoms with Crippen molar-refractivity contribution in [3.05, 3.63) is 11.6 Å². The number of halogens is 1.